The summed E-state index contributed by atoms with van der Waals surface area (Å²) in [6.07, 6.45) is 0.473. The first-order valence-electron chi connectivity index (χ1n) is 6.38. The van der Waals surface area contributed by atoms with Crippen LogP contribution < -0.4 is 16.0 Å². The molecule has 1 atom stereocenters. The number of anilines is 2. The van der Waals surface area contributed by atoms with Crippen LogP contribution in [0.2, 0.25) is 0 Å². The van der Waals surface area contributed by atoms with Gasteiger partial charge in [0, 0.05) is 29.5 Å². The Morgan fingerprint density at radius 2 is 2.26 bits per heavy atom. The molecule has 1 aliphatic heterocycles. The molecule has 0 bridgehead atoms. The lowest BCUT2D eigenvalue weighted by molar-refractivity contribution is -0.116. The first-order chi connectivity index (χ1) is 9.04. The third-order valence-corrected chi connectivity index (χ3v) is 3.33. The molecule has 0 spiro atoms. The molecule has 1 aliphatic rings. The number of carbonyl (C=O) groups excluding carboxylic acids is 1. The molecule has 3 N–H and O–H groups in total. The van der Waals surface area contributed by atoms with Crippen LogP contribution in [0.3, 0.4) is 0 Å². The highest BCUT2D eigenvalue weighted by molar-refractivity contribution is 6.02. The van der Waals surface area contributed by atoms with Crippen molar-refractivity contribution in [1.29, 1.82) is 5.26 Å². The fraction of sp³-hybridized carbons (Fsp3) is 0.429. The van der Waals surface area contributed by atoms with Gasteiger partial charge in [-0.2, -0.15) is 5.26 Å². The van der Waals surface area contributed by atoms with Crippen LogP contribution in [0.4, 0.5) is 11.4 Å². The molecule has 1 amide bonds. The number of fused-ring (bicyclic) bond motifs is 1. The lowest BCUT2D eigenvalue weighted by Crippen LogP contribution is -2.31. The van der Waals surface area contributed by atoms with Gasteiger partial charge in [0.2, 0.25) is 5.91 Å². The van der Waals surface area contributed by atoms with Gasteiger partial charge >= 0.3 is 0 Å². The van der Waals surface area contributed by atoms with Gasteiger partial charge in [-0.3, -0.25) is 4.79 Å². The van der Waals surface area contributed by atoms with Crippen LogP contribution in [0.15, 0.2) is 18.2 Å². The van der Waals surface area contributed by atoms with Crippen molar-refractivity contribution >= 4 is 17.3 Å². The van der Waals surface area contributed by atoms with E-state index in [0.717, 1.165) is 16.9 Å². The molecular weight excluding hydrogens is 240 g/mol. The van der Waals surface area contributed by atoms with E-state index in [1.807, 2.05) is 18.2 Å². The van der Waals surface area contributed by atoms with E-state index in [1.165, 1.54) is 0 Å². The Balaban J connectivity index is 2.29. The number of rotatable bonds is 4. The van der Waals surface area contributed by atoms with Crippen LogP contribution in [0, 0.1) is 11.3 Å². The average Bonchev–Trinajstić information content (AvgIpc) is 2.65. The summed E-state index contributed by atoms with van der Waals surface area (Å²) in [4.78, 5) is 13.7. The number of nitrogens with zero attached hydrogens (tertiary/aromatic N) is 2. The molecule has 5 nitrogen and oxygen atoms in total. The van der Waals surface area contributed by atoms with Crippen LogP contribution in [-0.2, 0) is 4.79 Å². The molecule has 0 aliphatic carbocycles. The third kappa shape index (κ3) is 2.54. The summed E-state index contributed by atoms with van der Waals surface area (Å²) in [5.74, 6) is -0.166. The van der Waals surface area contributed by atoms with Gasteiger partial charge in [0.1, 0.15) is 6.04 Å². The van der Waals surface area contributed by atoms with Crippen LogP contribution in [-0.4, -0.2) is 18.5 Å². The SMILES string of the molecule is CC(C)N(CCC#N)c1ccc2c(c1)NC(=O)C2N. The molecule has 100 valence electrons. The zero-order valence-electron chi connectivity index (χ0n) is 11.2. The predicted octanol–water partition coefficient (Wildman–Crippen LogP) is 1.77. The Morgan fingerprint density at radius 1 is 1.53 bits per heavy atom. The minimum Gasteiger partial charge on any atom is -0.368 e. The van der Waals surface area contributed by atoms with Gasteiger partial charge < -0.3 is 16.0 Å². The number of nitrogens with one attached hydrogen (secondary N) is 1. The fourth-order valence-electron chi connectivity index (χ4n) is 2.31. The number of hydrogen-bond donors (Lipinski definition) is 2. The number of benzene rings is 1. The molecule has 1 unspecified atom stereocenters. The standard InChI is InChI=1S/C14H18N4O/c1-9(2)18(7-3-6-15)10-4-5-11-12(8-10)17-14(19)13(11)16/h4-5,8-9,13H,3,7,16H2,1-2H3,(H,17,19). The highest BCUT2D eigenvalue weighted by Crippen LogP contribution is 2.33. The van der Waals surface area contributed by atoms with Crippen LogP contribution in [0.1, 0.15) is 31.9 Å². The molecular formula is C14H18N4O. The van der Waals surface area contributed by atoms with Crippen molar-refractivity contribution in [3.8, 4) is 6.07 Å². The number of nitrogens with two attached hydrogens (primary N) is 1. The van der Waals surface area contributed by atoms with Gasteiger partial charge in [0.05, 0.1) is 12.5 Å². The summed E-state index contributed by atoms with van der Waals surface area (Å²) in [5, 5.41) is 11.5. The minimum atomic E-state index is -0.573. The van der Waals surface area contributed by atoms with Gasteiger partial charge in [-0.15, -0.1) is 0 Å². The normalized spacial score (nSPS) is 17.0. The van der Waals surface area contributed by atoms with E-state index < -0.39 is 6.04 Å². The van der Waals surface area contributed by atoms with Crippen LogP contribution in [0.5, 0.6) is 0 Å². The maximum absolute atomic E-state index is 11.5. The van der Waals surface area contributed by atoms with Gasteiger partial charge in [0.15, 0.2) is 0 Å². The largest absolute Gasteiger partial charge is 0.368 e. The molecule has 0 saturated carbocycles. The number of hydrogen-bond acceptors (Lipinski definition) is 4. The maximum Gasteiger partial charge on any atom is 0.245 e. The van der Waals surface area contributed by atoms with E-state index in [-0.39, 0.29) is 11.9 Å². The number of nitriles is 1. The monoisotopic (exact) mass is 258 g/mol. The van der Waals surface area contributed by atoms with Crippen molar-refractivity contribution in [2.45, 2.75) is 32.4 Å². The molecule has 1 aromatic carbocycles. The number of amides is 1. The molecule has 0 aromatic heterocycles. The van der Waals surface area contributed by atoms with Crippen LogP contribution >= 0.6 is 0 Å². The summed E-state index contributed by atoms with van der Waals surface area (Å²) in [5.41, 5.74) is 8.39. The van der Waals surface area contributed by atoms with Crippen molar-refractivity contribution in [2.75, 3.05) is 16.8 Å². The van der Waals surface area contributed by atoms with E-state index in [4.69, 9.17) is 11.0 Å². The Kier molecular flexibility index (Phi) is 3.72. The molecule has 5 heteroatoms. The van der Waals surface area contributed by atoms with Gasteiger partial charge in [-0.1, -0.05) is 6.07 Å². The zero-order valence-corrected chi connectivity index (χ0v) is 11.2. The second-order valence-electron chi connectivity index (χ2n) is 4.93. The zero-order chi connectivity index (χ0) is 14.0. The van der Waals surface area contributed by atoms with Crippen molar-refractivity contribution in [3.63, 3.8) is 0 Å². The Hall–Kier alpha value is -2.06. The lowest BCUT2D eigenvalue weighted by Gasteiger charge is -2.28. The molecule has 1 heterocycles. The van der Waals surface area contributed by atoms with Crippen molar-refractivity contribution in [3.05, 3.63) is 23.8 Å². The second kappa shape index (κ2) is 5.29. The average molecular weight is 258 g/mol. The summed E-state index contributed by atoms with van der Waals surface area (Å²) in [7, 11) is 0. The van der Waals surface area contributed by atoms with E-state index in [2.05, 4.69) is 30.1 Å². The molecule has 2 rings (SSSR count). The van der Waals surface area contributed by atoms with Gasteiger partial charge in [0.25, 0.3) is 0 Å². The Bertz CT molecular complexity index is 533. The quantitative estimate of drug-likeness (QED) is 0.862. The van der Waals surface area contributed by atoms with Crippen LogP contribution in [0.25, 0.3) is 0 Å². The first-order valence-corrected chi connectivity index (χ1v) is 6.38. The topological polar surface area (TPSA) is 82.2 Å². The number of carbonyl (C=O) groups is 1. The first kappa shape index (κ1) is 13.4. The summed E-state index contributed by atoms with van der Waals surface area (Å²) >= 11 is 0. The predicted molar refractivity (Wildman–Crippen MR) is 74.7 cm³/mol. The third-order valence-electron chi connectivity index (χ3n) is 3.33. The summed E-state index contributed by atoms with van der Waals surface area (Å²) in [6, 6.07) is 7.64. The highest BCUT2D eigenvalue weighted by atomic mass is 16.2. The summed E-state index contributed by atoms with van der Waals surface area (Å²) < 4.78 is 0. The minimum absolute atomic E-state index is 0.166. The maximum atomic E-state index is 11.5. The van der Waals surface area contributed by atoms with Gasteiger partial charge in [-0.05, 0) is 26.0 Å². The van der Waals surface area contributed by atoms with E-state index >= 15 is 0 Å². The summed E-state index contributed by atoms with van der Waals surface area (Å²) in [6.45, 7) is 4.83. The second-order valence-corrected chi connectivity index (χ2v) is 4.93. The molecule has 19 heavy (non-hydrogen) atoms. The van der Waals surface area contributed by atoms with E-state index in [9.17, 15) is 4.79 Å². The Morgan fingerprint density at radius 3 is 2.89 bits per heavy atom. The fourth-order valence-corrected chi connectivity index (χ4v) is 2.31. The van der Waals surface area contributed by atoms with E-state index in [1.54, 1.807) is 0 Å². The lowest BCUT2D eigenvalue weighted by atomic mass is 10.1. The molecule has 1 aromatic rings. The van der Waals surface area contributed by atoms with Crippen molar-refractivity contribution < 1.29 is 4.79 Å². The molecule has 0 fully saturated rings. The van der Waals surface area contributed by atoms with E-state index in [0.29, 0.717) is 13.0 Å². The smallest absolute Gasteiger partial charge is 0.245 e. The molecule has 0 radical (unpaired) electrons. The van der Waals surface area contributed by atoms with Gasteiger partial charge in [-0.25, -0.2) is 0 Å². The van der Waals surface area contributed by atoms with Crippen molar-refractivity contribution in [2.24, 2.45) is 5.73 Å². The molecule has 0 saturated heterocycles. The van der Waals surface area contributed by atoms with Crippen molar-refractivity contribution in [1.82, 2.24) is 0 Å². The highest BCUT2D eigenvalue weighted by Gasteiger charge is 2.27. The Labute approximate surface area is 113 Å².